The van der Waals surface area contributed by atoms with Crippen LogP contribution in [0.25, 0.3) is 0 Å². The van der Waals surface area contributed by atoms with Crippen LogP contribution in [0.4, 0.5) is 5.69 Å². The smallest absolute Gasteiger partial charge is 0.239 e. The van der Waals surface area contributed by atoms with Crippen LogP contribution in [0.1, 0.15) is 5.56 Å². The lowest BCUT2D eigenvalue weighted by atomic mass is 10.2. The fraction of sp³-hybridized carbons (Fsp3) is 0.300. The Balaban J connectivity index is 2.40. The Morgan fingerprint density at radius 3 is 3.00 bits per heavy atom. The lowest BCUT2D eigenvalue weighted by molar-refractivity contribution is -0.119. The number of nitrogens with one attached hydrogen (secondary N) is 1. The molecule has 0 aromatic heterocycles. The lowest BCUT2D eigenvalue weighted by Crippen LogP contribution is -2.31. The number of anilines is 1. The van der Waals surface area contributed by atoms with Crippen LogP contribution in [0.15, 0.2) is 24.3 Å². The molecule has 0 aliphatic carbocycles. The van der Waals surface area contributed by atoms with Gasteiger partial charge >= 0.3 is 0 Å². The molecular formula is C10H12N2O. The van der Waals surface area contributed by atoms with Gasteiger partial charge in [-0.05, 0) is 11.6 Å². The van der Waals surface area contributed by atoms with Gasteiger partial charge in [-0.1, -0.05) is 18.2 Å². The number of likely N-dealkylation sites (N-methyl/N-ethyl adjacent to an activating group) is 1. The quantitative estimate of drug-likeness (QED) is 0.632. The minimum atomic E-state index is 0.0821. The largest absolute Gasteiger partial charge is 0.365 e. The van der Waals surface area contributed by atoms with Crippen molar-refractivity contribution in [2.75, 3.05) is 18.5 Å². The third-order valence-corrected chi connectivity index (χ3v) is 2.26. The molecule has 1 N–H and O–H groups in total. The second-order valence-electron chi connectivity index (χ2n) is 3.26. The molecular weight excluding hydrogens is 164 g/mol. The van der Waals surface area contributed by atoms with E-state index in [1.54, 1.807) is 0 Å². The van der Waals surface area contributed by atoms with Crippen molar-refractivity contribution < 1.29 is 4.79 Å². The van der Waals surface area contributed by atoms with E-state index in [-0.39, 0.29) is 5.91 Å². The van der Waals surface area contributed by atoms with E-state index in [0.29, 0.717) is 13.1 Å². The van der Waals surface area contributed by atoms with Crippen LogP contribution in [0.2, 0.25) is 0 Å². The molecule has 0 unspecified atom stereocenters. The average molecular weight is 176 g/mol. The maximum absolute atomic E-state index is 11.2. The first kappa shape index (κ1) is 8.10. The van der Waals surface area contributed by atoms with Crippen LogP contribution in [-0.4, -0.2) is 19.5 Å². The molecule has 2 rings (SSSR count). The summed E-state index contributed by atoms with van der Waals surface area (Å²) in [4.78, 5) is 13.2. The minimum Gasteiger partial charge on any atom is -0.365 e. The summed E-state index contributed by atoms with van der Waals surface area (Å²) >= 11 is 0. The Morgan fingerprint density at radius 2 is 2.15 bits per heavy atom. The van der Waals surface area contributed by atoms with E-state index < -0.39 is 0 Å². The number of nitrogens with zero attached hydrogens (tertiary/aromatic N) is 1. The first-order valence-corrected chi connectivity index (χ1v) is 4.33. The summed E-state index contributed by atoms with van der Waals surface area (Å²) in [6, 6.07) is 8.06. The van der Waals surface area contributed by atoms with Gasteiger partial charge in [0.1, 0.15) is 0 Å². The standard InChI is InChI=1S/C10H12N2O/c1-12-7-10(13)11-6-8-4-2-3-5-9(8)12/h2-5H,6-7H2,1H3,(H,11,13). The van der Waals surface area contributed by atoms with Gasteiger partial charge in [0, 0.05) is 19.3 Å². The molecule has 3 heteroatoms. The summed E-state index contributed by atoms with van der Waals surface area (Å²) in [6.45, 7) is 1.08. The molecule has 0 spiro atoms. The molecule has 1 aliphatic rings. The second kappa shape index (κ2) is 3.09. The number of para-hydroxylation sites is 1. The molecule has 0 saturated carbocycles. The molecule has 0 bridgehead atoms. The number of carbonyl (C=O) groups excluding carboxylic acids is 1. The summed E-state index contributed by atoms with van der Waals surface area (Å²) < 4.78 is 0. The van der Waals surface area contributed by atoms with Crippen molar-refractivity contribution in [2.45, 2.75) is 6.54 Å². The molecule has 0 fully saturated rings. The van der Waals surface area contributed by atoms with Gasteiger partial charge in [-0.15, -0.1) is 0 Å². The van der Waals surface area contributed by atoms with E-state index >= 15 is 0 Å². The first-order valence-electron chi connectivity index (χ1n) is 4.33. The van der Waals surface area contributed by atoms with Gasteiger partial charge < -0.3 is 10.2 Å². The molecule has 0 atom stereocenters. The lowest BCUT2D eigenvalue weighted by Gasteiger charge is -2.16. The number of hydrogen-bond donors (Lipinski definition) is 1. The van der Waals surface area contributed by atoms with Crippen LogP contribution in [0, 0.1) is 0 Å². The maximum atomic E-state index is 11.2. The molecule has 3 nitrogen and oxygen atoms in total. The molecule has 1 amide bonds. The monoisotopic (exact) mass is 176 g/mol. The van der Waals surface area contributed by atoms with E-state index in [1.807, 2.05) is 36.2 Å². The number of amides is 1. The zero-order chi connectivity index (χ0) is 9.26. The Morgan fingerprint density at radius 1 is 1.38 bits per heavy atom. The Hall–Kier alpha value is -1.51. The highest BCUT2D eigenvalue weighted by Gasteiger charge is 2.14. The van der Waals surface area contributed by atoms with Crippen molar-refractivity contribution in [1.29, 1.82) is 0 Å². The number of carbonyl (C=O) groups is 1. The highest BCUT2D eigenvalue weighted by atomic mass is 16.2. The molecule has 0 radical (unpaired) electrons. The summed E-state index contributed by atoms with van der Waals surface area (Å²) in [7, 11) is 1.93. The highest BCUT2D eigenvalue weighted by Crippen LogP contribution is 2.20. The first-order chi connectivity index (χ1) is 6.27. The van der Waals surface area contributed by atoms with Gasteiger partial charge in [-0.3, -0.25) is 4.79 Å². The summed E-state index contributed by atoms with van der Waals surface area (Å²) in [5, 5.41) is 2.85. The van der Waals surface area contributed by atoms with Crippen molar-refractivity contribution in [3.8, 4) is 0 Å². The van der Waals surface area contributed by atoms with E-state index in [9.17, 15) is 4.79 Å². The van der Waals surface area contributed by atoms with Gasteiger partial charge in [0.15, 0.2) is 0 Å². The van der Waals surface area contributed by atoms with E-state index in [2.05, 4.69) is 5.32 Å². The normalized spacial score (nSPS) is 16.1. The fourth-order valence-corrected chi connectivity index (χ4v) is 1.58. The van der Waals surface area contributed by atoms with Gasteiger partial charge in [0.25, 0.3) is 0 Å². The maximum Gasteiger partial charge on any atom is 0.239 e. The third-order valence-electron chi connectivity index (χ3n) is 2.26. The Labute approximate surface area is 77.4 Å². The van der Waals surface area contributed by atoms with Crippen LogP contribution >= 0.6 is 0 Å². The van der Waals surface area contributed by atoms with E-state index in [0.717, 1.165) is 5.69 Å². The molecule has 1 aromatic carbocycles. The zero-order valence-corrected chi connectivity index (χ0v) is 7.58. The third kappa shape index (κ3) is 1.49. The van der Waals surface area contributed by atoms with Crippen molar-refractivity contribution >= 4 is 11.6 Å². The molecule has 68 valence electrons. The van der Waals surface area contributed by atoms with Gasteiger partial charge in [0.2, 0.25) is 5.91 Å². The summed E-state index contributed by atoms with van der Waals surface area (Å²) in [5.74, 6) is 0.0821. The zero-order valence-electron chi connectivity index (χ0n) is 7.58. The van der Waals surface area contributed by atoms with Gasteiger partial charge in [-0.25, -0.2) is 0 Å². The highest BCUT2D eigenvalue weighted by molar-refractivity contribution is 5.83. The summed E-state index contributed by atoms with van der Waals surface area (Å²) in [5.41, 5.74) is 2.32. The van der Waals surface area contributed by atoms with Gasteiger partial charge in [0.05, 0.1) is 6.54 Å². The SMILES string of the molecule is CN1CC(=O)NCc2ccccc21. The van der Waals surface area contributed by atoms with Crippen molar-refractivity contribution in [3.05, 3.63) is 29.8 Å². The topological polar surface area (TPSA) is 32.3 Å². The van der Waals surface area contributed by atoms with Crippen molar-refractivity contribution in [2.24, 2.45) is 0 Å². The molecule has 13 heavy (non-hydrogen) atoms. The second-order valence-corrected chi connectivity index (χ2v) is 3.26. The van der Waals surface area contributed by atoms with Gasteiger partial charge in [-0.2, -0.15) is 0 Å². The number of hydrogen-bond acceptors (Lipinski definition) is 2. The van der Waals surface area contributed by atoms with Crippen molar-refractivity contribution in [1.82, 2.24) is 5.32 Å². The van der Waals surface area contributed by atoms with E-state index in [1.165, 1.54) is 5.56 Å². The van der Waals surface area contributed by atoms with Crippen LogP contribution in [-0.2, 0) is 11.3 Å². The van der Waals surface area contributed by atoms with Crippen LogP contribution in [0.5, 0.6) is 0 Å². The van der Waals surface area contributed by atoms with Crippen molar-refractivity contribution in [3.63, 3.8) is 0 Å². The summed E-state index contributed by atoms with van der Waals surface area (Å²) in [6.07, 6.45) is 0. The fourth-order valence-electron chi connectivity index (χ4n) is 1.58. The predicted octanol–water partition coefficient (Wildman–Crippen LogP) is 0.753. The van der Waals surface area contributed by atoms with Crippen LogP contribution in [0.3, 0.4) is 0 Å². The molecule has 1 heterocycles. The molecule has 0 saturated heterocycles. The van der Waals surface area contributed by atoms with E-state index in [4.69, 9.17) is 0 Å². The number of benzene rings is 1. The predicted molar refractivity (Wildman–Crippen MR) is 51.6 cm³/mol. The molecule has 1 aromatic rings. The van der Waals surface area contributed by atoms with Crippen LogP contribution < -0.4 is 10.2 Å². The Bertz CT molecular complexity index is 335. The molecule has 1 aliphatic heterocycles. The Kier molecular flexibility index (Phi) is 1.93. The minimum absolute atomic E-state index is 0.0821. The average Bonchev–Trinajstić information content (AvgIpc) is 2.27. The number of rotatable bonds is 0. The number of fused-ring (bicyclic) bond motifs is 1.